The zero-order chi connectivity index (χ0) is 16.3. The Morgan fingerprint density at radius 3 is 2.79 bits per heavy atom. The topological polar surface area (TPSA) is 46.3 Å². The number of halogens is 2. The van der Waals surface area contributed by atoms with Gasteiger partial charge in [0.05, 0.1) is 0 Å². The number of benzene rings is 1. The number of hydrogen-bond donors (Lipinski definition) is 0. The summed E-state index contributed by atoms with van der Waals surface area (Å²) in [6.07, 6.45) is 3.33. The Morgan fingerprint density at radius 2 is 1.96 bits per heavy atom. The third-order valence-electron chi connectivity index (χ3n) is 4.84. The lowest BCUT2D eigenvalue weighted by molar-refractivity contribution is 0.699. The zero-order valence-electron chi connectivity index (χ0n) is 12.9. The molecule has 3 heterocycles. The minimum atomic E-state index is 0.523. The number of aromatic nitrogens is 4. The van der Waals surface area contributed by atoms with Gasteiger partial charge < -0.3 is 4.90 Å². The second-order valence-corrected chi connectivity index (χ2v) is 7.71. The molecule has 1 aliphatic heterocycles. The van der Waals surface area contributed by atoms with Gasteiger partial charge in [0.15, 0.2) is 11.5 Å². The Bertz CT molecular complexity index is 950. The zero-order valence-corrected chi connectivity index (χ0v) is 15.3. The highest BCUT2D eigenvalue weighted by molar-refractivity contribution is 9.10. The van der Waals surface area contributed by atoms with Gasteiger partial charge in [-0.15, -0.1) is 15.3 Å². The lowest BCUT2D eigenvalue weighted by Gasteiger charge is -2.30. The fraction of sp³-hybridized carbons (Fsp3) is 0.353. The second-order valence-electron chi connectivity index (χ2n) is 6.45. The standard InChI is InChI=1S/C17H15BrClN5/c18-13-3-4-14(19)12-9-23(8-7-11(12)13)16-6-5-15-20-21-17(10-1-2-10)24(15)22-16/h3-6,10H,1-2,7-9H2. The van der Waals surface area contributed by atoms with Crippen LogP contribution in [0.15, 0.2) is 28.7 Å². The molecule has 1 aromatic carbocycles. The molecule has 0 radical (unpaired) electrons. The van der Waals surface area contributed by atoms with Gasteiger partial charge in [0, 0.05) is 28.5 Å². The average Bonchev–Trinajstić information content (AvgIpc) is 3.37. The van der Waals surface area contributed by atoms with Crippen molar-refractivity contribution in [3.8, 4) is 0 Å². The van der Waals surface area contributed by atoms with Crippen LogP contribution in [0.4, 0.5) is 5.82 Å². The number of fused-ring (bicyclic) bond motifs is 2. The van der Waals surface area contributed by atoms with Crippen molar-refractivity contribution in [3.05, 3.63) is 50.7 Å². The van der Waals surface area contributed by atoms with Crippen LogP contribution in [0.5, 0.6) is 0 Å². The molecular formula is C17H15BrClN5. The number of nitrogens with zero attached hydrogens (tertiary/aromatic N) is 5. The molecule has 1 saturated carbocycles. The van der Waals surface area contributed by atoms with E-state index in [1.807, 2.05) is 28.8 Å². The maximum atomic E-state index is 6.43. The highest BCUT2D eigenvalue weighted by atomic mass is 79.9. The predicted octanol–water partition coefficient (Wildman–Crippen LogP) is 3.98. The van der Waals surface area contributed by atoms with Crippen molar-refractivity contribution in [2.24, 2.45) is 0 Å². The van der Waals surface area contributed by atoms with E-state index in [1.54, 1.807) is 0 Å². The maximum Gasteiger partial charge on any atom is 0.178 e. The first-order valence-corrected chi connectivity index (χ1v) is 9.31. The highest BCUT2D eigenvalue weighted by Gasteiger charge is 2.30. The number of anilines is 1. The molecule has 7 heteroatoms. The Hall–Kier alpha value is -1.66. The van der Waals surface area contributed by atoms with Gasteiger partial charge in [-0.05, 0) is 54.7 Å². The molecule has 0 atom stereocenters. The van der Waals surface area contributed by atoms with Crippen molar-refractivity contribution < 1.29 is 0 Å². The molecular weight excluding hydrogens is 390 g/mol. The first kappa shape index (κ1) is 14.7. The van der Waals surface area contributed by atoms with E-state index in [-0.39, 0.29) is 0 Å². The van der Waals surface area contributed by atoms with Crippen LogP contribution in [0.25, 0.3) is 5.65 Å². The summed E-state index contributed by atoms with van der Waals surface area (Å²) < 4.78 is 3.05. The average molecular weight is 405 g/mol. The van der Waals surface area contributed by atoms with Gasteiger partial charge in [-0.1, -0.05) is 27.5 Å². The van der Waals surface area contributed by atoms with Crippen LogP contribution in [-0.2, 0) is 13.0 Å². The van der Waals surface area contributed by atoms with E-state index in [0.717, 1.165) is 46.3 Å². The molecule has 0 unspecified atom stereocenters. The van der Waals surface area contributed by atoms with Gasteiger partial charge >= 0.3 is 0 Å². The third kappa shape index (κ3) is 2.31. The van der Waals surface area contributed by atoms with Gasteiger partial charge in [0.2, 0.25) is 0 Å². The molecule has 5 rings (SSSR count). The van der Waals surface area contributed by atoms with Crippen molar-refractivity contribution in [3.63, 3.8) is 0 Å². The molecule has 0 amide bonds. The van der Waals surface area contributed by atoms with Crippen LogP contribution in [0, 0.1) is 0 Å². The molecule has 0 saturated heterocycles. The van der Waals surface area contributed by atoms with E-state index >= 15 is 0 Å². The van der Waals surface area contributed by atoms with Crippen LogP contribution >= 0.6 is 27.5 Å². The van der Waals surface area contributed by atoms with Crippen LogP contribution in [-0.4, -0.2) is 26.4 Å². The first-order valence-electron chi connectivity index (χ1n) is 8.14. The Balaban J connectivity index is 1.54. The summed E-state index contributed by atoms with van der Waals surface area (Å²) in [4.78, 5) is 2.27. The Kier molecular flexibility index (Phi) is 3.31. The molecule has 122 valence electrons. The summed E-state index contributed by atoms with van der Waals surface area (Å²) >= 11 is 10.1. The van der Waals surface area contributed by atoms with Crippen molar-refractivity contribution in [1.82, 2.24) is 19.8 Å². The summed E-state index contributed by atoms with van der Waals surface area (Å²) in [6, 6.07) is 8.01. The minimum Gasteiger partial charge on any atom is -0.350 e. The van der Waals surface area contributed by atoms with Crippen molar-refractivity contribution in [2.75, 3.05) is 11.4 Å². The number of hydrogen-bond acceptors (Lipinski definition) is 4. The molecule has 1 fully saturated rings. The van der Waals surface area contributed by atoms with Gasteiger partial charge in [-0.3, -0.25) is 0 Å². The summed E-state index contributed by atoms with van der Waals surface area (Å²) in [5.74, 6) is 2.46. The van der Waals surface area contributed by atoms with E-state index < -0.39 is 0 Å². The smallest absolute Gasteiger partial charge is 0.178 e. The molecule has 0 bridgehead atoms. The molecule has 0 spiro atoms. The van der Waals surface area contributed by atoms with Crippen LogP contribution < -0.4 is 4.90 Å². The fourth-order valence-electron chi connectivity index (χ4n) is 3.35. The van der Waals surface area contributed by atoms with Crippen LogP contribution in [0.2, 0.25) is 5.02 Å². The highest BCUT2D eigenvalue weighted by Crippen LogP contribution is 2.39. The largest absolute Gasteiger partial charge is 0.350 e. The predicted molar refractivity (Wildman–Crippen MR) is 96.7 cm³/mol. The van der Waals surface area contributed by atoms with E-state index in [1.165, 1.54) is 24.0 Å². The molecule has 1 aliphatic carbocycles. The molecule has 0 N–H and O–H groups in total. The summed E-state index contributed by atoms with van der Waals surface area (Å²) in [7, 11) is 0. The lowest BCUT2D eigenvalue weighted by Crippen LogP contribution is -2.32. The summed E-state index contributed by atoms with van der Waals surface area (Å²) in [5.41, 5.74) is 3.31. The van der Waals surface area contributed by atoms with E-state index in [4.69, 9.17) is 16.7 Å². The maximum absolute atomic E-state index is 6.43. The quantitative estimate of drug-likeness (QED) is 0.648. The normalized spacial score (nSPS) is 17.3. The van der Waals surface area contributed by atoms with E-state index in [0.29, 0.717) is 5.92 Å². The summed E-state index contributed by atoms with van der Waals surface area (Å²) in [5, 5.41) is 14.2. The SMILES string of the molecule is Clc1ccc(Br)c2c1CN(c1ccc3nnc(C4CC4)n3n1)CC2. The van der Waals surface area contributed by atoms with Crippen LogP contribution in [0.1, 0.15) is 35.7 Å². The Morgan fingerprint density at radius 1 is 1.08 bits per heavy atom. The summed E-state index contributed by atoms with van der Waals surface area (Å²) in [6.45, 7) is 1.69. The molecule has 5 nitrogen and oxygen atoms in total. The minimum absolute atomic E-state index is 0.523. The third-order valence-corrected chi connectivity index (χ3v) is 5.93. The Labute approximate surface area is 152 Å². The molecule has 2 aromatic heterocycles. The molecule has 2 aliphatic rings. The second kappa shape index (κ2) is 5.43. The lowest BCUT2D eigenvalue weighted by atomic mass is 10.00. The van der Waals surface area contributed by atoms with Gasteiger partial charge in [-0.2, -0.15) is 4.52 Å². The van der Waals surface area contributed by atoms with E-state index in [9.17, 15) is 0 Å². The van der Waals surface area contributed by atoms with E-state index in [2.05, 4.69) is 31.0 Å². The monoisotopic (exact) mass is 403 g/mol. The van der Waals surface area contributed by atoms with Crippen LogP contribution in [0.3, 0.4) is 0 Å². The molecule has 24 heavy (non-hydrogen) atoms. The number of rotatable bonds is 2. The first-order chi connectivity index (χ1) is 11.7. The van der Waals surface area contributed by atoms with Gasteiger partial charge in [0.25, 0.3) is 0 Å². The van der Waals surface area contributed by atoms with Gasteiger partial charge in [0.1, 0.15) is 5.82 Å². The van der Waals surface area contributed by atoms with Crippen molar-refractivity contribution in [2.45, 2.75) is 31.7 Å². The van der Waals surface area contributed by atoms with Crippen molar-refractivity contribution in [1.29, 1.82) is 0 Å². The van der Waals surface area contributed by atoms with Gasteiger partial charge in [-0.25, -0.2) is 0 Å². The fourth-order valence-corrected chi connectivity index (χ4v) is 4.16. The van der Waals surface area contributed by atoms with Crippen molar-refractivity contribution >= 4 is 39.0 Å². The molecule has 3 aromatic rings.